The molecule has 0 radical (unpaired) electrons. The lowest BCUT2D eigenvalue weighted by molar-refractivity contribution is -0.0887. The Morgan fingerprint density at radius 3 is 2.33 bits per heavy atom. The molecule has 0 aromatic heterocycles. The van der Waals surface area contributed by atoms with Gasteiger partial charge in [0.05, 0.1) is 10.6 Å². The fourth-order valence-corrected chi connectivity index (χ4v) is 1.44. The molecule has 0 unspecified atom stereocenters. The second-order valence-electron chi connectivity index (χ2n) is 2.55. The number of carbonyl (C=O) groups is 1. The number of carbonyl (C=O) groups excluding carboxylic acids is 1. The summed E-state index contributed by atoms with van der Waals surface area (Å²) in [6.07, 6.45) is -5.10. The van der Waals surface area contributed by atoms with Gasteiger partial charge in [-0.1, -0.05) is 11.6 Å². The number of hydrogen-bond donors (Lipinski definition) is 0. The zero-order valence-electron chi connectivity index (χ0n) is 6.83. The average Bonchev–Trinajstić information content (AvgIpc) is 2.12. The van der Waals surface area contributed by atoms with Crippen molar-refractivity contribution in [3.8, 4) is 0 Å². The fraction of sp³-hybridized carbons (Fsp3) is 0.125. The topological polar surface area (TPSA) is 17.1 Å². The number of hydrogen-bond acceptors (Lipinski definition) is 1. The molecule has 1 aromatic rings. The van der Waals surface area contributed by atoms with Gasteiger partial charge in [-0.05, 0) is 34.7 Å². The number of alkyl halides is 3. The zero-order chi connectivity index (χ0) is 11.8. The van der Waals surface area contributed by atoms with Crippen LogP contribution in [0.25, 0.3) is 0 Å². The second kappa shape index (κ2) is 4.25. The molecule has 0 aliphatic rings. The SMILES string of the molecule is O=C(c1ccc(I)c(Cl)c1F)C(F)(F)F. The van der Waals surface area contributed by atoms with Gasteiger partial charge in [-0.15, -0.1) is 0 Å². The average molecular weight is 352 g/mol. The minimum Gasteiger partial charge on any atom is -0.284 e. The van der Waals surface area contributed by atoms with E-state index < -0.39 is 28.4 Å². The van der Waals surface area contributed by atoms with Crippen molar-refractivity contribution in [3.05, 3.63) is 32.1 Å². The maximum Gasteiger partial charge on any atom is 0.454 e. The summed E-state index contributed by atoms with van der Waals surface area (Å²) in [6.45, 7) is 0. The highest BCUT2D eigenvalue weighted by atomic mass is 127. The van der Waals surface area contributed by atoms with E-state index in [1.54, 1.807) is 22.6 Å². The van der Waals surface area contributed by atoms with E-state index in [-0.39, 0.29) is 3.57 Å². The van der Waals surface area contributed by atoms with Gasteiger partial charge in [0, 0.05) is 3.57 Å². The van der Waals surface area contributed by atoms with E-state index in [9.17, 15) is 22.4 Å². The molecule has 0 amide bonds. The first-order valence-corrected chi connectivity index (χ1v) is 4.96. The molecule has 7 heteroatoms. The first-order chi connectivity index (χ1) is 6.75. The minimum atomic E-state index is -5.10. The van der Waals surface area contributed by atoms with Crippen molar-refractivity contribution in [2.24, 2.45) is 0 Å². The molecule has 0 N–H and O–H groups in total. The van der Waals surface area contributed by atoms with Gasteiger partial charge in [0.25, 0.3) is 5.78 Å². The van der Waals surface area contributed by atoms with E-state index in [0.29, 0.717) is 0 Å². The summed E-state index contributed by atoms with van der Waals surface area (Å²) in [4.78, 5) is 10.7. The van der Waals surface area contributed by atoms with E-state index in [2.05, 4.69) is 0 Å². The van der Waals surface area contributed by atoms with Crippen LogP contribution in [0, 0.1) is 9.39 Å². The molecule has 1 nitrogen and oxygen atoms in total. The fourth-order valence-electron chi connectivity index (χ4n) is 0.854. The molecule has 0 aliphatic heterocycles. The van der Waals surface area contributed by atoms with Crippen LogP contribution in [0.1, 0.15) is 10.4 Å². The van der Waals surface area contributed by atoms with Gasteiger partial charge in [-0.25, -0.2) is 4.39 Å². The molecule has 1 aromatic carbocycles. The maximum absolute atomic E-state index is 13.2. The van der Waals surface area contributed by atoms with E-state index in [1.165, 1.54) is 0 Å². The highest BCUT2D eigenvalue weighted by molar-refractivity contribution is 14.1. The van der Waals surface area contributed by atoms with E-state index in [4.69, 9.17) is 11.6 Å². The third kappa shape index (κ3) is 2.60. The van der Waals surface area contributed by atoms with Crippen LogP contribution in [0.15, 0.2) is 12.1 Å². The Labute approximate surface area is 101 Å². The first-order valence-electron chi connectivity index (χ1n) is 3.50. The Hall–Kier alpha value is -0.370. The van der Waals surface area contributed by atoms with Crippen molar-refractivity contribution in [1.82, 2.24) is 0 Å². The third-order valence-electron chi connectivity index (χ3n) is 1.54. The summed E-state index contributed by atoms with van der Waals surface area (Å²) in [5.74, 6) is -3.58. The summed E-state index contributed by atoms with van der Waals surface area (Å²) in [6, 6.07) is 1.91. The molecule has 0 atom stereocenters. The van der Waals surface area contributed by atoms with Crippen molar-refractivity contribution >= 4 is 40.0 Å². The Morgan fingerprint density at radius 1 is 1.33 bits per heavy atom. The highest BCUT2D eigenvalue weighted by Crippen LogP contribution is 2.29. The van der Waals surface area contributed by atoms with Gasteiger partial charge in [0.2, 0.25) is 0 Å². The van der Waals surface area contributed by atoms with Crippen LogP contribution < -0.4 is 0 Å². The molecule has 1 rings (SSSR count). The number of halogens is 6. The predicted octanol–water partition coefficient (Wildman–Crippen LogP) is 3.83. The van der Waals surface area contributed by atoms with Crippen molar-refractivity contribution < 1.29 is 22.4 Å². The highest BCUT2D eigenvalue weighted by Gasteiger charge is 2.41. The molecule has 0 saturated carbocycles. The molecule has 82 valence electrons. The largest absolute Gasteiger partial charge is 0.454 e. The van der Waals surface area contributed by atoms with Crippen molar-refractivity contribution in [2.45, 2.75) is 6.18 Å². The predicted molar refractivity (Wildman–Crippen MR) is 54.5 cm³/mol. The molecular weight excluding hydrogens is 350 g/mol. The minimum absolute atomic E-state index is 0.241. The van der Waals surface area contributed by atoms with Gasteiger partial charge in [0.15, 0.2) is 5.82 Å². The summed E-state index contributed by atoms with van der Waals surface area (Å²) >= 11 is 7.02. The normalized spacial score (nSPS) is 11.6. The van der Waals surface area contributed by atoms with Crippen LogP contribution in [0.2, 0.25) is 5.02 Å². The van der Waals surface area contributed by atoms with Crippen LogP contribution in [0.4, 0.5) is 17.6 Å². The molecule has 0 saturated heterocycles. The van der Waals surface area contributed by atoms with E-state index >= 15 is 0 Å². The first kappa shape index (κ1) is 12.7. The van der Waals surface area contributed by atoms with Gasteiger partial charge in [0.1, 0.15) is 0 Å². The smallest absolute Gasteiger partial charge is 0.284 e. The molecular formula is C8H2ClF4IO. The van der Waals surface area contributed by atoms with Crippen molar-refractivity contribution in [1.29, 1.82) is 0 Å². The third-order valence-corrected chi connectivity index (χ3v) is 3.12. The summed E-state index contributed by atoms with van der Waals surface area (Å²) in [5.41, 5.74) is -1.06. The quantitative estimate of drug-likeness (QED) is 0.325. The summed E-state index contributed by atoms with van der Waals surface area (Å²) in [5, 5.41) is -0.481. The van der Waals surface area contributed by atoms with Gasteiger partial charge < -0.3 is 0 Å². The number of ketones is 1. The Bertz CT molecular complexity index is 416. The van der Waals surface area contributed by atoms with Crippen LogP contribution in [-0.4, -0.2) is 12.0 Å². The standard InChI is InChI=1S/C8H2ClF4IO/c9-5-4(14)2-1-3(6(5)10)7(15)8(11,12)13/h1-2H. The lowest BCUT2D eigenvalue weighted by Crippen LogP contribution is -2.24. The maximum atomic E-state index is 13.2. The van der Waals surface area contributed by atoms with E-state index in [0.717, 1.165) is 12.1 Å². The van der Waals surface area contributed by atoms with E-state index in [1.807, 2.05) is 0 Å². The monoisotopic (exact) mass is 352 g/mol. The summed E-state index contributed by atoms with van der Waals surface area (Å²) in [7, 11) is 0. The number of benzene rings is 1. The van der Waals surface area contributed by atoms with Crippen LogP contribution >= 0.6 is 34.2 Å². The Kier molecular flexibility index (Phi) is 3.59. The molecule has 0 bridgehead atoms. The second-order valence-corrected chi connectivity index (χ2v) is 4.09. The molecule has 15 heavy (non-hydrogen) atoms. The zero-order valence-corrected chi connectivity index (χ0v) is 9.74. The van der Waals surface area contributed by atoms with Gasteiger partial charge in [-0.3, -0.25) is 4.79 Å². The lowest BCUT2D eigenvalue weighted by Gasteiger charge is -2.07. The molecule has 0 fully saturated rings. The number of Topliss-reactive ketones (excluding diaryl/α,β-unsaturated/α-hetero) is 1. The van der Waals surface area contributed by atoms with Crippen LogP contribution in [0.3, 0.4) is 0 Å². The Balaban J connectivity index is 3.29. The molecule has 0 spiro atoms. The Morgan fingerprint density at radius 2 is 1.87 bits per heavy atom. The van der Waals surface area contributed by atoms with Crippen LogP contribution in [-0.2, 0) is 0 Å². The van der Waals surface area contributed by atoms with Gasteiger partial charge >= 0.3 is 6.18 Å². The van der Waals surface area contributed by atoms with Crippen LogP contribution in [0.5, 0.6) is 0 Å². The van der Waals surface area contributed by atoms with Crippen molar-refractivity contribution in [3.63, 3.8) is 0 Å². The number of rotatable bonds is 1. The van der Waals surface area contributed by atoms with Crippen molar-refractivity contribution in [2.75, 3.05) is 0 Å². The lowest BCUT2D eigenvalue weighted by atomic mass is 10.1. The van der Waals surface area contributed by atoms with Gasteiger partial charge in [-0.2, -0.15) is 13.2 Å². The molecule has 0 heterocycles. The molecule has 0 aliphatic carbocycles. The summed E-state index contributed by atoms with van der Waals surface area (Å²) < 4.78 is 49.4.